The van der Waals surface area contributed by atoms with E-state index in [1.807, 2.05) is 12.1 Å². The molecule has 2 aromatic rings. The van der Waals surface area contributed by atoms with Crippen LogP contribution < -0.4 is 5.56 Å². The van der Waals surface area contributed by atoms with Gasteiger partial charge in [0.2, 0.25) is 0 Å². The van der Waals surface area contributed by atoms with E-state index in [1.165, 1.54) is 0 Å². The van der Waals surface area contributed by atoms with Crippen molar-refractivity contribution in [1.82, 2.24) is 9.55 Å². The number of aromatic nitrogens is 2. The molecule has 1 atom stereocenters. The molecule has 3 rings (SSSR count). The fraction of sp³-hybridized carbons (Fsp3) is 0.357. The fourth-order valence-corrected chi connectivity index (χ4v) is 2.87. The van der Waals surface area contributed by atoms with Crippen molar-refractivity contribution in [2.24, 2.45) is 5.92 Å². The van der Waals surface area contributed by atoms with Crippen LogP contribution in [0.3, 0.4) is 0 Å². The minimum atomic E-state index is 0.00564. The summed E-state index contributed by atoms with van der Waals surface area (Å²) in [6.07, 6.45) is 2.20. The molecule has 1 aromatic heterocycles. The van der Waals surface area contributed by atoms with Crippen molar-refractivity contribution in [2.75, 3.05) is 0 Å². The van der Waals surface area contributed by atoms with Crippen molar-refractivity contribution in [3.05, 3.63) is 38.9 Å². The van der Waals surface area contributed by atoms with Gasteiger partial charge in [-0.1, -0.05) is 15.9 Å². The van der Waals surface area contributed by atoms with Gasteiger partial charge in [-0.2, -0.15) is 5.26 Å². The topological polar surface area (TPSA) is 58.7 Å². The standard InChI is InChI=1S/C14H12BrN3O/c15-10-2-3-11-12(7-10)17-13-4-1-9(8-16)5-6-18(13)14(11)19/h2-3,7,9H,1,4-6H2. The summed E-state index contributed by atoms with van der Waals surface area (Å²) in [7, 11) is 0. The normalized spacial score (nSPS) is 18.6. The zero-order valence-electron chi connectivity index (χ0n) is 10.3. The zero-order valence-corrected chi connectivity index (χ0v) is 11.9. The van der Waals surface area contributed by atoms with Crippen molar-refractivity contribution < 1.29 is 0 Å². The van der Waals surface area contributed by atoms with Gasteiger partial charge in [0.1, 0.15) is 5.82 Å². The molecule has 1 aromatic carbocycles. The molecule has 2 heterocycles. The second-order valence-electron chi connectivity index (χ2n) is 4.80. The molecule has 0 amide bonds. The minimum Gasteiger partial charge on any atom is -0.296 e. The third-order valence-electron chi connectivity index (χ3n) is 3.60. The van der Waals surface area contributed by atoms with Crippen LogP contribution in [0.2, 0.25) is 0 Å². The lowest BCUT2D eigenvalue weighted by Gasteiger charge is -2.09. The number of nitriles is 1. The summed E-state index contributed by atoms with van der Waals surface area (Å²) in [5, 5.41) is 9.67. The van der Waals surface area contributed by atoms with E-state index in [-0.39, 0.29) is 11.5 Å². The van der Waals surface area contributed by atoms with E-state index in [9.17, 15) is 4.79 Å². The molecule has 4 nitrogen and oxygen atoms in total. The first-order valence-corrected chi connectivity index (χ1v) is 7.07. The van der Waals surface area contributed by atoms with E-state index in [4.69, 9.17) is 5.26 Å². The van der Waals surface area contributed by atoms with Crippen LogP contribution in [0.4, 0.5) is 0 Å². The highest BCUT2D eigenvalue weighted by Gasteiger charge is 2.18. The number of aryl methyl sites for hydroxylation is 1. The molecule has 0 spiro atoms. The van der Waals surface area contributed by atoms with Crippen molar-refractivity contribution >= 4 is 26.8 Å². The average Bonchev–Trinajstić information content (AvgIpc) is 2.61. The van der Waals surface area contributed by atoms with Gasteiger partial charge in [-0.3, -0.25) is 9.36 Å². The Balaban J connectivity index is 2.20. The first-order chi connectivity index (χ1) is 9.19. The number of hydrogen-bond acceptors (Lipinski definition) is 3. The first-order valence-electron chi connectivity index (χ1n) is 6.27. The predicted molar refractivity (Wildman–Crippen MR) is 75.7 cm³/mol. The molecule has 0 saturated heterocycles. The highest BCUT2D eigenvalue weighted by molar-refractivity contribution is 9.10. The Bertz CT molecular complexity index is 745. The predicted octanol–water partition coefficient (Wildman–Crippen LogP) is 2.64. The van der Waals surface area contributed by atoms with E-state index in [2.05, 4.69) is 27.0 Å². The monoisotopic (exact) mass is 317 g/mol. The van der Waals surface area contributed by atoms with Crippen molar-refractivity contribution in [3.8, 4) is 6.07 Å². The van der Waals surface area contributed by atoms with Crippen LogP contribution in [0.25, 0.3) is 10.9 Å². The minimum absolute atomic E-state index is 0.00564. The Hall–Kier alpha value is -1.67. The molecule has 0 saturated carbocycles. The van der Waals surface area contributed by atoms with E-state index in [0.29, 0.717) is 18.4 Å². The lowest BCUT2D eigenvalue weighted by molar-refractivity contribution is 0.538. The molecule has 5 heteroatoms. The third kappa shape index (κ3) is 2.17. The number of fused-ring (bicyclic) bond motifs is 2. The molecule has 19 heavy (non-hydrogen) atoms. The summed E-state index contributed by atoms with van der Waals surface area (Å²) < 4.78 is 2.65. The second-order valence-corrected chi connectivity index (χ2v) is 5.72. The zero-order chi connectivity index (χ0) is 13.4. The van der Waals surface area contributed by atoms with Gasteiger partial charge in [0.25, 0.3) is 5.56 Å². The summed E-state index contributed by atoms with van der Waals surface area (Å²) >= 11 is 3.40. The maximum atomic E-state index is 12.5. The van der Waals surface area contributed by atoms with Crippen molar-refractivity contribution in [1.29, 1.82) is 5.26 Å². The van der Waals surface area contributed by atoms with Crippen LogP contribution in [-0.4, -0.2) is 9.55 Å². The fourth-order valence-electron chi connectivity index (χ4n) is 2.52. The molecular weight excluding hydrogens is 306 g/mol. The van der Waals surface area contributed by atoms with Gasteiger partial charge in [-0.25, -0.2) is 4.98 Å². The highest BCUT2D eigenvalue weighted by atomic mass is 79.9. The first kappa shape index (κ1) is 12.4. The van der Waals surface area contributed by atoms with E-state index < -0.39 is 0 Å². The average molecular weight is 318 g/mol. The summed E-state index contributed by atoms with van der Waals surface area (Å²) in [5.41, 5.74) is 0.729. The van der Waals surface area contributed by atoms with Gasteiger partial charge in [-0.05, 0) is 31.0 Å². The Labute approximate surface area is 118 Å². The Morgan fingerprint density at radius 2 is 2.26 bits per heavy atom. The largest absolute Gasteiger partial charge is 0.296 e. The number of rotatable bonds is 0. The highest BCUT2D eigenvalue weighted by Crippen LogP contribution is 2.20. The van der Waals surface area contributed by atoms with Crippen molar-refractivity contribution in [3.63, 3.8) is 0 Å². The van der Waals surface area contributed by atoms with E-state index >= 15 is 0 Å². The summed E-state index contributed by atoms with van der Waals surface area (Å²) in [4.78, 5) is 17.0. The lowest BCUT2D eigenvalue weighted by Crippen LogP contribution is -2.24. The van der Waals surface area contributed by atoms with E-state index in [0.717, 1.165) is 28.7 Å². The smallest absolute Gasteiger partial charge is 0.261 e. The van der Waals surface area contributed by atoms with Gasteiger partial charge in [-0.15, -0.1) is 0 Å². The van der Waals surface area contributed by atoms with Gasteiger partial charge >= 0.3 is 0 Å². The number of hydrogen-bond donors (Lipinski definition) is 0. The Morgan fingerprint density at radius 3 is 3.05 bits per heavy atom. The van der Waals surface area contributed by atoms with Gasteiger partial charge in [0, 0.05) is 23.4 Å². The van der Waals surface area contributed by atoms with Crippen LogP contribution in [0.5, 0.6) is 0 Å². The number of nitrogens with zero attached hydrogens (tertiary/aromatic N) is 3. The molecule has 0 aliphatic carbocycles. The third-order valence-corrected chi connectivity index (χ3v) is 4.09. The van der Waals surface area contributed by atoms with Gasteiger partial charge < -0.3 is 0 Å². The summed E-state index contributed by atoms with van der Waals surface area (Å²) in [6, 6.07) is 7.82. The van der Waals surface area contributed by atoms with Crippen LogP contribution in [-0.2, 0) is 13.0 Å². The van der Waals surface area contributed by atoms with Crippen LogP contribution >= 0.6 is 15.9 Å². The summed E-state index contributed by atoms with van der Waals surface area (Å²) in [5.74, 6) is 0.823. The molecule has 0 N–H and O–H groups in total. The van der Waals surface area contributed by atoms with Gasteiger partial charge in [0.15, 0.2) is 0 Å². The van der Waals surface area contributed by atoms with Gasteiger partial charge in [0.05, 0.1) is 17.0 Å². The number of benzene rings is 1. The Kier molecular flexibility index (Phi) is 3.11. The van der Waals surface area contributed by atoms with Crippen LogP contribution in [0.1, 0.15) is 18.7 Å². The molecular formula is C14H12BrN3O. The molecule has 1 unspecified atom stereocenters. The lowest BCUT2D eigenvalue weighted by atomic mass is 10.0. The summed E-state index contributed by atoms with van der Waals surface area (Å²) in [6.45, 7) is 0.589. The maximum absolute atomic E-state index is 12.5. The molecule has 0 fully saturated rings. The number of halogens is 1. The SMILES string of the molecule is N#CC1CCc2nc3cc(Br)ccc3c(=O)n2CC1. The molecule has 0 radical (unpaired) electrons. The molecule has 1 aliphatic rings. The van der Waals surface area contributed by atoms with E-state index in [1.54, 1.807) is 10.6 Å². The molecule has 96 valence electrons. The maximum Gasteiger partial charge on any atom is 0.261 e. The quantitative estimate of drug-likeness (QED) is 0.750. The molecule has 1 aliphatic heterocycles. The Morgan fingerprint density at radius 1 is 1.42 bits per heavy atom. The van der Waals surface area contributed by atoms with Crippen LogP contribution in [0, 0.1) is 17.2 Å². The molecule has 0 bridgehead atoms. The van der Waals surface area contributed by atoms with Crippen molar-refractivity contribution in [2.45, 2.75) is 25.8 Å². The van der Waals surface area contributed by atoms with Crippen LogP contribution in [0.15, 0.2) is 27.5 Å². The second kappa shape index (κ2) is 4.78.